The molecule has 72 valence electrons. The van der Waals surface area contributed by atoms with Crippen LogP contribution in [0.3, 0.4) is 0 Å². The van der Waals surface area contributed by atoms with E-state index in [2.05, 4.69) is 4.72 Å². The molecule has 0 aliphatic rings. The highest BCUT2D eigenvalue weighted by Crippen LogP contribution is 2.12. The largest absolute Gasteiger partial charge is 0.598 e. The van der Waals surface area contributed by atoms with E-state index in [9.17, 15) is 9.35 Å². The zero-order valence-corrected chi connectivity index (χ0v) is 8.40. The normalized spacial score (nSPS) is 14.3. The monoisotopic (exact) mass is 193 g/mol. The van der Waals surface area contributed by atoms with Gasteiger partial charge in [-0.3, -0.25) is 4.79 Å². The summed E-state index contributed by atoms with van der Waals surface area (Å²) in [5, 5.41) is 8.29. The first-order chi connectivity index (χ1) is 5.34. The van der Waals surface area contributed by atoms with Gasteiger partial charge < -0.3 is 9.66 Å². The smallest absolute Gasteiger partial charge is 0.304 e. The number of rotatable bonds is 4. The summed E-state index contributed by atoms with van der Waals surface area (Å²) >= 11 is -1.17. The molecule has 1 unspecified atom stereocenters. The Balaban J connectivity index is 3.58. The van der Waals surface area contributed by atoms with Crippen LogP contribution in [-0.4, -0.2) is 26.9 Å². The van der Waals surface area contributed by atoms with Gasteiger partial charge in [0.1, 0.15) is 4.75 Å². The summed E-state index contributed by atoms with van der Waals surface area (Å²) in [6, 6.07) is 0. The highest BCUT2D eigenvalue weighted by Gasteiger charge is 2.25. The lowest BCUT2D eigenvalue weighted by atomic mass is 10.3. The van der Waals surface area contributed by atoms with Crippen LogP contribution in [0.15, 0.2) is 0 Å². The Kier molecular flexibility index (Phi) is 4.59. The van der Waals surface area contributed by atoms with Gasteiger partial charge in [0.2, 0.25) is 0 Å². The maximum Gasteiger partial charge on any atom is 0.304 e. The molecule has 0 aromatic carbocycles. The molecule has 0 bridgehead atoms. The van der Waals surface area contributed by atoms with E-state index in [1.807, 2.05) is 20.8 Å². The summed E-state index contributed by atoms with van der Waals surface area (Å²) in [7, 11) is 0. The van der Waals surface area contributed by atoms with Gasteiger partial charge in [-0.2, -0.15) is 0 Å². The molecule has 1 atom stereocenters. The molecule has 0 aliphatic carbocycles. The number of carbonyl (C=O) groups is 1. The van der Waals surface area contributed by atoms with Gasteiger partial charge in [0.15, 0.2) is 0 Å². The molecule has 0 saturated heterocycles. The summed E-state index contributed by atoms with van der Waals surface area (Å²) in [6.07, 6.45) is 0.00181. The molecule has 0 rings (SSSR count). The van der Waals surface area contributed by atoms with Crippen molar-refractivity contribution < 1.29 is 14.5 Å². The molecule has 0 radical (unpaired) electrons. The molecule has 0 aromatic heterocycles. The minimum Gasteiger partial charge on any atom is -0.598 e. The lowest BCUT2D eigenvalue weighted by Gasteiger charge is -2.23. The second-order valence-electron chi connectivity index (χ2n) is 3.42. The van der Waals surface area contributed by atoms with E-state index < -0.39 is 17.3 Å². The Morgan fingerprint density at radius 2 is 2.08 bits per heavy atom. The lowest BCUT2D eigenvalue weighted by molar-refractivity contribution is -0.136. The summed E-state index contributed by atoms with van der Waals surface area (Å²) in [5.74, 6) is -0.881. The predicted octanol–water partition coefficient (Wildman–Crippen LogP) is 0.513. The Hall–Kier alpha value is -0.260. The molecule has 0 amide bonds. The maximum absolute atomic E-state index is 11.3. The molecular weight excluding hydrogens is 178 g/mol. The van der Waals surface area contributed by atoms with Gasteiger partial charge in [0.25, 0.3) is 0 Å². The predicted molar refractivity (Wildman–Crippen MR) is 48.2 cm³/mol. The van der Waals surface area contributed by atoms with Crippen molar-refractivity contribution in [2.75, 3.05) is 6.54 Å². The van der Waals surface area contributed by atoms with E-state index in [4.69, 9.17) is 5.11 Å². The van der Waals surface area contributed by atoms with E-state index in [1.165, 1.54) is 0 Å². The van der Waals surface area contributed by atoms with E-state index >= 15 is 0 Å². The zero-order valence-electron chi connectivity index (χ0n) is 7.59. The molecular formula is C7H15NO3S. The molecule has 0 heterocycles. The van der Waals surface area contributed by atoms with E-state index in [0.29, 0.717) is 0 Å². The van der Waals surface area contributed by atoms with Crippen molar-refractivity contribution in [2.24, 2.45) is 0 Å². The average molecular weight is 193 g/mol. The second kappa shape index (κ2) is 4.69. The molecule has 0 fully saturated rings. The molecule has 0 aliphatic heterocycles. The van der Waals surface area contributed by atoms with Gasteiger partial charge in [-0.1, -0.05) is 0 Å². The number of carboxylic acid groups (broad SMARTS) is 1. The first-order valence-electron chi connectivity index (χ1n) is 3.71. The van der Waals surface area contributed by atoms with Crippen molar-refractivity contribution in [3.8, 4) is 0 Å². The number of aliphatic carboxylic acids is 1. The van der Waals surface area contributed by atoms with Gasteiger partial charge >= 0.3 is 5.97 Å². The fourth-order valence-electron chi connectivity index (χ4n) is 0.467. The summed E-state index contributed by atoms with van der Waals surface area (Å²) < 4.78 is 13.6. The van der Waals surface area contributed by atoms with Crippen LogP contribution in [0, 0.1) is 0 Å². The van der Waals surface area contributed by atoms with Crippen LogP contribution >= 0.6 is 0 Å². The third kappa shape index (κ3) is 5.40. The van der Waals surface area contributed by atoms with Crippen LogP contribution in [0.1, 0.15) is 27.2 Å². The van der Waals surface area contributed by atoms with Gasteiger partial charge in [0.05, 0.1) is 13.0 Å². The quantitative estimate of drug-likeness (QED) is 0.638. The molecule has 0 saturated carbocycles. The van der Waals surface area contributed by atoms with E-state index in [1.54, 1.807) is 0 Å². The minimum atomic E-state index is -1.17. The van der Waals surface area contributed by atoms with E-state index in [-0.39, 0.29) is 17.7 Å². The first-order valence-corrected chi connectivity index (χ1v) is 4.86. The molecule has 4 nitrogen and oxygen atoms in total. The van der Waals surface area contributed by atoms with Crippen LogP contribution < -0.4 is 4.72 Å². The van der Waals surface area contributed by atoms with Crippen molar-refractivity contribution in [1.29, 1.82) is 0 Å². The highest BCUT2D eigenvalue weighted by molar-refractivity contribution is 7.90. The molecule has 12 heavy (non-hydrogen) atoms. The van der Waals surface area contributed by atoms with Crippen molar-refractivity contribution in [1.82, 2.24) is 4.72 Å². The fraction of sp³-hybridized carbons (Fsp3) is 0.857. The fourth-order valence-corrected chi connectivity index (χ4v) is 1.19. The lowest BCUT2D eigenvalue weighted by Crippen LogP contribution is -2.40. The molecule has 5 heteroatoms. The Labute approximate surface area is 75.7 Å². The van der Waals surface area contributed by atoms with Gasteiger partial charge in [-0.15, -0.1) is 4.72 Å². The topological polar surface area (TPSA) is 72.4 Å². The van der Waals surface area contributed by atoms with Crippen molar-refractivity contribution >= 4 is 17.3 Å². The maximum atomic E-state index is 11.3. The number of hydrogen-bond donors (Lipinski definition) is 2. The first kappa shape index (κ1) is 11.7. The molecule has 0 aromatic rings. The average Bonchev–Trinajstić information content (AvgIpc) is 1.84. The van der Waals surface area contributed by atoms with Crippen LogP contribution in [0.4, 0.5) is 0 Å². The van der Waals surface area contributed by atoms with Gasteiger partial charge in [-0.05, 0) is 20.8 Å². The zero-order chi connectivity index (χ0) is 9.78. The highest BCUT2D eigenvalue weighted by atomic mass is 32.2. The Morgan fingerprint density at radius 3 is 2.42 bits per heavy atom. The summed E-state index contributed by atoms with van der Waals surface area (Å²) in [6.45, 7) is 5.74. The Morgan fingerprint density at radius 1 is 1.58 bits per heavy atom. The van der Waals surface area contributed by atoms with Crippen molar-refractivity contribution in [3.63, 3.8) is 0 Å². The van der Waals surface area contributed by atoms with Crippen LogP contribution in [0.25, 0.3) is 0 Å². The number of nitrogens with one attached hydrogen (secondary N) is 1. The second-order valence-corrected chi connectivity index (χ2v) is 5.47. The van der Waals surface area contributed by atoms with Crippen molar-refractivity contribution in [2.45, 2.75) is 31.9 Å². The summed E-state index contributed by atoms with van der Waals surface area (Å²) in [4.78, 5) is 10.1. The van der Waals surface area contributed by atoms with Gasteiger partial charge in [-0.25, -0.2) is 0 Å². The van der Waals surface area contributed by atoms with Crippen molar-refractivity contribution in [3.05, 3.63) is 0 Å². The number of carboxylic acids is 1. The van der Waals surface area contributed by atoms with Crippen LogP contribution in [0.5, 0.6) is 0 Å². The van der Waals surface area contributed by atoms with Crippen LogP contribution in [0.2, 0.25) is 0 Å². The molecule has 2 N–H and O–H groups in total. The third-order valence-corrected chi connectivity index (χ3v) is 2.71. The van der Waals surface area contributed by atoms with Crippen LogP contribution in [-0.2, 0) is 16.2 Å². The SMILES string of the molecule is CC(C)(C)[S+]([O-])NCCC(=O)O. The minimum absolute atomic E-state index is 0.00181. The number of hydrogen-bond acceptors (Lipinski definition) is 3. The van der Waals surface area contributed by atoms with E-state index in [0.717, 1.165) is 0 Å². The third-order valence-electron chi connectivity index (χ3n) is 1.13. The summed E-state index contributed by atoms with van der Waals surface area (Å²) in [5.41, 5.74) is 0. The standard InChI is InChI=1S/C7H15NO3S/c1-7(2,3)12(11)8-5-4-6(9)10/h8H,4-5H2,1-3H3,(H,9,10). The van der Waals surface area contributed by atoms with Gasteiger partial charge in [0, 0.05) is 11.4 Å². The molecule has 0 spiro atoms. The Bertz CT molecular complexity index is 155.